The summed E-state index contributed by atoms with van der Waals surface area (Å²) in [6, 6.07) is 0. The maximum atomic E-state index is 7.92. The van der Waals surface area contributed by atoms with Crippen LogP contribution < -0.4 is 5.73 Å². The van der Waals surface area contributed by atoms with E-state index in [-0.39, 0.29) is 17.0 Å². The molecule has 0 spiro atoms. The summed E-state index contributed by atoms with van der Waals surface area (Å²) >= 11 is 0. The first-order valence-corrected chi connectivity index (χ1v) is 1.55. The van der Waals surface area contributed by atoms with Crippen LogP contribution in [0, 0.1) is 0 Å². The van der Waals surface area contributed by atoms with E-state index >= 15 is 0 Å². The van der Waals surface area contributed by atoms with Crippen LogP contribution >= 0.6 is 17.0 Å². The van der Waals surface area contributed by atoms with Crippen molar-refractivity contribution in [2.75, 3.05) is 0 Å². The van der Waals surface area contributed by atoms with Gasteiger partial charge in [-0.15, -0.1) is 17.0 Å². The van der Waals surface area contributed by atoms with E-state index in [1.165, 1.54) is 0 Å². The summed E-state index contributed by atoms with van der Waals surface area (Å²) in [5.41, 5.74) is 4.38. The Morgan fingerprint density at radius 2 is 1.38 bits per heavy atom. The fourth-order valence-corrected chi connectivity index (χ4v) is 0. The van der Waals surface area contributed by atoms with Gasteiger partial charge >= 0.3 is 5.97 Å². The molecule has 0 amide bonds. The Labute approximate surface area is 56.1 Å². The predicted molar refractivity (Wildman–Crippen MR) is 29.9 cm³/mol. The SMILES string of the molecule is Br.NC(O)C(O)(O)O. The molecule has 0 aromatic carbocycles. The van der Waals surface area contributed by atoms with Crippen molar-refractivity contribution in [1.82, 2.24) is 0 Å². The van der Waals surface area contributed by atoms with Gasteiger partial charge in [-0.25, -0.2) is 0 Å². The quantitative estimate of drug-likeness (QED) is 0.293. The monoisotopic (exact) mass is 189 g/mol. The first kappa shape index (κ1) is 11.1. The summed E-state index contributed by atoms with van der Waals surface area (Å²) in [6.45, 7) is 0. The largest absolute Gasteiger partial charge is 0.371 e. The van der Waals surface area contributed by atoms with Crippen LogP contribution in [0.15, 0.2) is 0 Å². The standard InChI is InChI=1S/C2H7NO4.BrH/c3-1(4)2(5,6)7;/h1,4-7H,3H2;1H. The fourth-order valence-electron chi connectivity index (χ4n) is 0. The van der Waals surface area contributed by atoms with E-state index in [2.05, 4.69) is 5.73 Å². The Morgan fingerprint density at radius 3 is 1.38 bits per heavy atom. The highest BCUT2D eigenvalue weighted by molar-refractivity contribution is 8.93. The number of halogens is 1. The summed E-state index contributed by atoms with van der Waals surface area (Å²) in [6.07, 6.45) is -2.03. The van der Waals surface area contributed by atoms with Gasteiger partial charge in [-0.1, -0.05) is 0 Å². The molecular weight excluding hydrogens is 182 g/mol. The average molecular weight is 190 g/mol. The lowest BCUT2D eigenvalue weighted by Gasteiger charge is -2.15. The van der Waals surface area contributed by atoms with Gasteiger partial charge in [-0.05, 0) is 0 Å². The third kappa shape index (κ3) is 4.44. The number of aliphatic hydroxyl groups is 4. The smallest absolute Gasteiger partial charge is 0.317 e. The van der Waals surface area contributed by atoms with Crippen molar-refractivity contribution in [3.05, 3.63) is 0 Å². The molecule has 6 heteroatoms. The molecule has 0 aliphatic carbocycles. The first-order valence-electron chi connectivity index (χ1n) is 1.55. The van der Waals surface area contributed by atoms with E-state index < -0.39 is 12.2 Å². The highest BCUT2D eigenvalue weighted by Gasteiger charge is 2.25. The van der Waals surface area contributed by atoms with Crippen molar-refractivity contribution in [2.45, 2.75) is 12.2 Å². The van der Waals surface area contributed by atoms with Gasteiger partial charge in [-0.2, -0.15) is 0 Å². The van der Waals surface area contributed by atoms with Crippen molar-refractivity contribution >= 4 is 17.0 Å². The van der Waals surface area contributed by atoms with Gasteiger partial charge in [0.1, 0.15) is 0 Å². The molecule has 8 heavy (non-hydrogen) atoms. The lowest BCUT2D eigenvalue weighted by atomic mass is 10.5. The lowest BCUT2D eigenvalue weighted by molar-refractivity contribution is -0.353. The first-order chi connectivity index (χ1) is 2.94. The molecule has 0 aromatic rings. The van der Waals surface area contributed by atoms with Crippen molar-refractivity contribution in [3.63, 3.8) is 0 Å². The third-order valence-electron chi connectivity index (χ3n) is 0.397. The maximum Gasteiger partial charge on any atom is 0.317 e. The lowest BCUT2D eigenvalue weighted by Crippen LogP contribution is -2.47. The van der Waals surface area contributed by atoms with Crippen molar-refractivity contribution in [3.8, 4) is 0 Å². The predicted octanol–water partition coefficient (Wildman–Crippen LogP) is -2.53. The van der Waals surface area contributed by atoms with Gasteiger partial charge in [0.25, 0.3) is 0 Å². The molecule has 52 valence electrons. The number of rotatable bonds is 1. The molecule has 0 saturated carbocycles. The molecule has 6 N–H and O–H groups in total. The Kier molecular flexibility index (Phi) is 4.64. The van der Waals surface area contributed by atoms with Crippen LogP contribution in [0.5, 0.6) is 0 Å². The molecule has 0 rings (SSSR count). The van der Waals surface area contributed by atoms with E-state index in [9.17, 15) is 0 Å². The van der Waals surface area contributed by atoms with Crippen molar-refractivity contribution in [1.29, 1.82) is 0 Å². The van der Waals surface area contributed by atoms with Crippen LogP contribution in [-0.4, -0.2) is 32.6 Å². The minimum atomic E-state index is -3.17. The van der Waals surface area contributed by atoms with E-state index in [4.69, 9.17) is 20.4 Å². The summed E-state index contributed by atoms with van der Waals surface area (Å²) < 4.78 is 0. The maximum absolute atomic E-state index is 7.92. The summed E-state index contributed by atoms with van der Waals surface area (Å²) in [5.74, 6) is -3.17. The van der Waals surface area contributed by atoms with Crippen LogP contribution in [0.3, 0.4) is 0 Å². The molecule has 0 aliphatic heterocycles. The normalized spacial score (nSPS) is 14.6. The van der Waals surface area contributed by atoms with E-state index in [0.29, 0.717) is 0 Å². The minimum Gasteiger partial charge on any atom is -0.371 e. The van der Waals surface area contributed by atoms with Crippen LogP contribution in [0.25, 0.3) is 0 Å². The van der Waals surface area contributed by atoms with Gasteiger partial charge in [0, 0.05) is 0 Å². The van der Waals surface area contributed by atoms with Crippen LogP contribution in [0.1, 0.15) is 0 Å². The van der Waals surface area contributed by atoms with E-state index in [1.54, 1.807) is 0 Å². The van der Waals surface area contributed by atoms with E-state index in [1.807, 2.05) is 0 Å². The topological polar surface area (TPSA) is 107 Å². The number of nitrogens with two attached hydrogens (primary N) is 1. The van der Waals surface area contributed by atoms with Gasteiger partial charge in [0.05, 0.1) is 0 Å². The molecule has 5 nitrogen and oxygen atoms in total. The third-order valence-corrected chi connectivity index (χ3v) is 0.397. The fraction of sp³-hybridized carbons (Fsp3) is 1.00. The zero-order valence-corrected chi connectivity index (χ0v) is 5.56. The average Bonchev–Trinajstić information content (AvgIpc) is 1.31. The zero-order valence-electron chi connectivity index (χ0n) is 3.85. The highest BCUT2D eigenvalue weighted by atomic mass is 79.9. The highest BCUT2D eigenvalue weighted by Crippen LogP contribution is 1.92. The summed E-state index contributed by atoms with van der Waals surface area (Å²) in [5, 5.41) is 31.4. The second-order valence-electron chi connectivity index (χ2n) is 1.13. The second-order valence-corrected chi connectivity index (χ2v) is 1.13. The second kappa shape index (κ2) is 3.33. The van der Waals surface area contributed by atoms with Gasteiger partial charge in [-0.3, -0.25) is 5.73 Å². The molecule has 0 bridgehead atoms. The number of hydrogen-bond acceptors (Lipinski definition) is 5. The minimum absolute atomic E-state index is 0. The van der Waals surface area contributed by atoms with Crippen LogP contribution in [0.4, 0.5) is 0 Å². The van der Waals surface area contributed by atoms with E-state index in [0.717, 1.165) is 0 Å². The molecule has 1 atom stereocenters. The summed E-state index contributed by atoms with van der Waals surface area (Å²) in [4.78, 5) is 0. The number of aliphatic hydroxyl groups excluding tert-OH is 1. The Hall–Kier alpha value is 0.280. The van der Waals surface area contributed by atoms with Crippen LogP contribution in [0.2, 0.25) is 0 Å². The number of hydrogen-bond donors (Lipinski definition) is 5. The van der Waals surface area contributed by atoms with Gasteiger partial charge in [0.15, 0.2) is 6.23 Å². The Morgan fingerprint density at radius 1 is 1.25 bits per heavy atom. The van der Waals surface area contributed by atoms with Crippen molar-refractivity contribution < 1.29 is 20.4 Å². The Balaban J connectivity index is 0. The molecule has 1 unspecified atom stereocenters. The van der Waals surface area contributed by atoms with Gasteiger partial charge in [0.2, 0.25) is 0 Å². The molecule has 0 aliphatic rings. The molecule has 0 saturated heterocycles. The molecule has 0 aromatic heterocycles. The molecule has 0 fully saturated rings. The van der Waals surface area contributed by atoms with Gasteiger partial charge < -0.3 is 20.4 Å². The van der Waals surface area contributed by atoms with Crippen molar-refractivity contribution in [2.24, 2.45) is 5.73 Å². The molecular formula is C2H8BrNO4. The zero-order chi connectivity index (χ0) is 6.08. The van der Waals surface area contributed by atoms with Crippen LogP contribution in [-0.2, 0) is 0 Å². The molecule has 0 radical (unpaired) electrons. The molecule has 0 heterocycles. The Bertz CT molecular complexity index is 59.5. The summed E-state index contributed by atoms with van der Waals surface area (Å²) in [7, 11) is 0.